The summed E-state index contributed by atoms with van der Waals surface area (Å²) in [6.45, 7) is 3.52. The zero-order valence-electron chi connectivity index (χ0n) is 16.3. The van der Waals surface area contributed by atoms with Crippen molar-refractivity contribution in [2.24, 2.45) is 0 Å². The van der Waals surface area contributed by atoms with Crippen molar-refractivity contribution in [1.82, 2.24) is 9.13 Å². The van der Waals surface area contributed by atoms with Gasteiger partial charge in [-0.25, -0.2) is 13.8 Å². The highest BCUT2D eigenvalue weighted by atomic mass is 32.1. The summed E-state index contributed by atoms with van der Waals surface area (Å²) in [5.74, 6) is -1.11. The van der Waals surface area contributed by atoms with E-state index >= 15 is 0 Å². The molecule has 0 bridgehead atoms. The van der Waals surface area contributed by atoms with Crippen LogP contribution in [0.25, 0.3) is 15.9 Å². The first kappa shape index (κ1) is 19.8. The van der Waals surface area contributed by atoms with Gasteiger partial charge in [0.05, 0.1) is 11.2 Å². The van der Waals surface area contributed by atoms with Crippen LogP contribution in [-0.4, -0.2) is 15.0 Å². The number of hydrogen-bond donors (Lipinski definition) is 1. The van der Waals surface area contributed by atoms with E-state index in [1.165, 1.54) is 22.8 Å². The summed E-state index contributed by atoms with van der Waals surface area (Å²) in [6, 6.07) is 12.7. The van der Waals surface area contributed by atoms with Crippen LogP contribution >= 0.6 is 11.3 Å². The van der Waals surface area contributed by atoms with E-state index in [0.717, 1.165) is 27.0 Å². The number of fused-ring (bicyclic) bond motifs is 1. The van der Waals surface area contributed by atoms with Gasteiger partial charge in [0.25, 0.3) is 5.56 Å². The van der Waals surface area contributed by atoms with Crippen LogP contribution in [0.2, 0.25) is 0 Å². The molecule has 2 aromatic carbocycles. The van der Waals surface area contributed by atoms with Gasteiger partial charge in [-0.05, 0) is 54.6 Å². The molecule has 0 atom stereocenters. The molecule has 2 aromatic heterocycles. The Labute approximate surface area is 174 Å². The van der Waals surface area contributed by atoms with E-state index < -0.39 is 23.0 Å². The third-order valence-electron chi connectivity index (χ3n) is 5.03. The zero-order chi connectivity index (χ0) is 21.4. The number of amides is 1. The number of hydrogen-bond acceptors (Lipinski definition) is 4. The topological polar surface area (TPSA) is 73.1 Å². The van der Waals surface area contributed by atoms with Crippen molar-refractivity contribution >= 4 is 33.1 Å². The first-order valence-corrected chi connectivity index (χ1v) is 10.1. The van der Waals surface area contributed by atoms with Crippen molar-refractivity contribution in [1.29, 1.82) is 0 Å². The lowest BCUT2D eigenvalue weighted by Crippen LogP contribution is -2.40. The van der Waals surface area contributed by atoms with Crippen molar-refractivity contribution in [3.63, 3.8) is 0 Å². The Morgan fingerprint density at radius 3 is 2.60 bits per heavy atom. The average molecular weight is 423 g/mol. The number of benzene rings is 2. The van der Waals surface area contributed by atoms with Crippen LogP contribution in [0.4, 0.5) is 10.1 Å². The van der Waals surface area contributed by atoms with E-state index in [1.807, 2.05) is 26.0 Å². The molecule has 6 nitrogen and oxygen atoms in total. The third-order valence-corrected chi connectivity index (χ3v) is 5.92. The molecule has 0 aliphatic rings. The van der Waals surface area contributed by atoms with E-state index in [-0.39, 0.29) is 16.9 Å². The molecule has 2 heterocycles. The standard InChI is InChI=1S/C22H18FN3O3S/c1-13-6-5-8-16(14(13)2)24-19(27)12-25-18-10-11-30-20(18)21(28)26(22(25)29)17-9-4-3-7-15(17)23/h3-11H,12H2,1-2H3,(H,24,27). The molecule has 1 amide bonds. The molecular formula is C22H18FN3O3S. The third kappa shape index (κ3) is 3.35. The fourth-order valence-corrected chi connectivity index (χ4v) is 4.13. The maximum absolute atomic E-state index is 14.3. The quantitative estimate of drug-likeness (QED) is 0.545. The van der Waals surface area contributed by atoms with Crippen LogP contribution in [0.15, 0.2) is 63.5 Å². The fraction of sp³-hybridized carbons (Fsp3) is 0.136. The second-order valence-electron chi connectivity index (χ2n) is 6.89. The summed E-state index contributed by atoms with van der Waals surface area (Å²) in [7, 11) is 0. The number of carbonyl (C=O) groups is 1. The second-order valence-corrected chi connectivity index (χ2v) is 7.81. The summed E-state index contributed by atoms with van der Waals surface area (Å²) in [4.78, 5) is 38.7. The molecular weight excluding hydrogens is 405 g/mol. The fourth-order valence-electron chi connectivity index (χ4n) is 3.31. The van der Waals surface area contributed by atoms with Gasteiger partial charge < -0.3 is 5.32 Å². The minimum atomic E-state index is -0.771. The highest BCUT2D eigenvalue weighted by Crippen LogP contribution is 2.19. The molecule has 4 aromatic rings. The van der Waals surface area contributed by atoms with Crippen LogP contribution in [0.3, 0.4) is 0 Å². The van der Waals surface area contributed by atoms with Gasteiger partial charge in [-0.2, -0.15) is 0 Å². The van der Waals surface area contributed by atoms with Gasteiger partial charge in [0.1, 0.15) is 17.1 Å². The van der Waals surface area contributed by atoms with E-state index in [4.69, 9.17) is 0 Å². The van der Waals surface area contributed by atoms with Gasteiger partial charge >= 0.3 is 5.69 Å². The first-order valence-electron chi connectivity index (χ1n) is 9.22. The number of halogens is 1. The average Bonchev–Trinajstić information content (AvgIpc) is 3.20. The molecule has 0 saturated heterocycles. The van der Waals surface area contributed by atoms with E-state index in [0.29, 0.717) is 11.2 Å². The molecule has 4 rings (SSSR count). The van der Waals surface area contributed by atoms with Gasteiger partial charge in [-0.15, -0.1) is 11.3 Å². The molecule has 1 N–H and O–H groups in total. The molecule has 0 radical (unpaired) electrons. The Morgan fingerprint density at radius 2 is 1.83 bits per heavy atom. The number of nitrogens with zero attached hydrogens (tertiary/aromatic N) is 2. The first-order chi connectivity index (χ1) is 14.4. The number of nitrogens with one attached hydrogen (secondary N) is 1. The lowest BCUT2D eigenvalue weighted by Gasteiger charge is -2.14. The van der Waals surface area contributed by atoms with Crippen LogP contribution in [-0.2, 0) is 11.3 Å². The molecule has 0 saturated carbocycles. The number of aromatic nitrogens is 2. The Kier molecular flexibility index (Phi) is 5.09. The van der Waals surface area contributed by atoms with Gasteiger partial charge in [0.15, 0.2) is 0 Å². The summed E-state index contributed by atoms with van der Waals surface area (Å²) in [5.41, 5.74) is 1.42. The normalized spacial score (nSPS) is 11.0. The lowest BCUT2D eigenvalue weighted by atomic mass is 10.1. The maximum Gasteiger partial charge on any atom is 0.336 e. The molecule has 30 heavy (non-hydrogen) atoms. The smallest absolute Gasteiger partial charge is 0.324 e. The Bertz CT molecular complexity index is 1400. The predicted octanol–water partition coefficient (Wildman–Crippen LogP) is 3.61. The lowest BCUT2D eigenvalue weighted by molar-refractivity contribution is -0.116. The van der Waals surface area contributed by atoms with Crippen molar-refractivity contribution < 1.29 is 9.18 Å². The molecule has 0 aliphatic heterocycles. The van der Waals surface area contributed by atoms with Gasteiger partial charge in [0.2, 0.25) is 5.91 Å². The largest absolute Gasteiger partial charge is 0.336 e. The highest BCUT2D eigenvalue weighted by Gasteiger charge is 2.19. The van der Waals surface area contributed by atoms with E-state index in [1.54, 1.807) is 23.6 Å². The number of aryl methyl sites for hydroxylation is 1. The van der Waals surface area contributed by atoms with Crippen LogP contribution in [0.5, 0.6) is 0 Å². The SMILES string of the molecule is Cc1cccc(NC(=O)Cn2c(=O)n(-c3ccccc3F)c(=O)c3sccc32)c1C. The van der Waals surface area contributed by atoms with Gasteiger partial charge in [-0.3, -0.25) is 14.2 Å². The second kappa shape index (κ2) is 7.72. The maximum atomic E-state index is 14.3. The van der Waals surface area contributed by atoms with Crippen molar-refractivity contribution in [2.45, 2.75) is 20.4 Å². The Balaban J connectivity index is 1.81. The molecule has 152 valence electrons. The molecule has 0 unspecified atom stereocenters. The van der Waals surface area contributed by atoms with E-state index in [2.05, 4.69) is 5.32 Å². The summed E-state index contributed by atoms with van der Waals surface area (Å²) >= 11 is 1.14. The minimum absolute atomic E-state index is 0.147. The number of thiophene rings is 1. The zero-order valence-corrected chi connectivity index (χ0v) is 17.1. The van der Waals surface area contributed by atoms with Crippen molar-refractivity contribution in [3.8, 4) is 5.69 Å². The number of anilines is 1. The molecule has 8 heteroatoms. The predicted molar refractivity (Wildman–Crippen MR) is 116 cm³/mol. The van der Waals surface area contributed by atoms with Gasteiger partial charge in [0, 0.05) is 5.69 Å². The van der Waals surface area contributed by atoms with E-state index in [9.17, 15) is 18.8 Å². The van der Waals surface area contributed by atoms with Crippen LogP contribution < -0.4 is 16.6 Å². The Hall–Kier alpha value is -3.52. The Morgan fingerprint density at radius 1 is 1.07 bits per heavy atom. The molecule has 0 aliphatic carbocycles. The molecule has 0 fully saturated rings. The van der Waals surface area contributed by atoms with Gasteiger partial charge in [-0.1, -0.05) is 24.3 Å². The van der Waals surface area contributed by atoms with Crippen LogP contribution in [0.1, 0.15) is 11.1 Å². The minimum Gasteiger partial charge on any atom is -0.324 e. The number of carbonyl (C=O) groups excluding carboxylic acids is 1. The number of para-hydroxylation sites is 1. The van der Waals surface area contributed by atoms with Crippen LogP contribution in [0, 0.1) is 19.7 Å². The monoisotopic (exact) mass is 423 g/mol. The molecule has 0 spiro atoms. The summed E-state index contributed by atoms with van der Waals surface area (Å²) < 4.78 is 16.6. The van der Waals surface area contributed by atoms with Crippen molar-refractivity contribution in [3.05, 3.63) is 91.7 Å². The highest BCUT2D eigenvalue weighted by molar-refractivity contribution is 7.17. The van der Waals surface area contributed by atoms with Crippen molar-refractivity contribution in [2.75, 3.05) is 5.32 Å². The summed E-state index contributed by atoms with van der Waals surface area (Å²) in [5, 5.41) is 4.48. The number of rotatable bonds is 4. The summed E-state index contributed by atoms with van der Waals surface area (Å²) in [6.07, 6.45) is 0.